The lowest BCUT2D eigenvalue weighted by atomic mass is 9.47. The van der Waals surface area contributed by atoms with E-state index in [9.17, 15) is 9.59 Å². The molecule has 34 heavy (non-hydrogen) atoms. The van der Waals surface area contributed by atoms with E-state index in [4.69, 9.17) is 18.6 Å². The predicted molar refractivity (Wildman–Crippen MR) is 125 cm³/mol. The van der Waals surface area contributed by atoms with Gasteiger partial charge in [0.2, 0.25) is 0 Å². The van der Waals surface area contributed by atoms with Crippen LogP contribution in [0.4, 0.5) is 0 Å². The van der Waals surface area contributed by atoms with Gasteiger partial charge >= 0.3 is 5.97 Å². The lowest BCUT2D eigenvalue weighted by Crippen LogP contribution is -2.63. The Morgan fingerprint density at radius 3 is 2.59 bits per heavy atom. The Bertz CT molecular complexity index is 1610. The molecule has 0 N–H and O–H groups in total. The number of ether oxygens (including phenoxy) is 3. The summed E-state index contributed by atoms with van der Waals surface area (Å²) in [7, 11) is 3.40. The summed E-state index contributed by atoms with van der Waals surface area (Å²) in [5.41, 5.74) is 2.09. The monoisotopic (exact) mass is 457 g/mol. The summed E-state index contributed by atoms with van der Waals surface area (Å²) < 4.78 is 25.5. The van der Waals surface area contributed by atoms with Gasteiger partial charge in [-0.3, -0.25) is 9.59 Å². The highest BCUT2D eigenvalue weighted by Crippen LogP contribution is 2.69. The molecule has 0 amide bonds. The number of aromatic nitrogens is 1. The van der Waals surface area contributed by atoms with Crippen molar-refractivity contribution in [3.63, 3.8) is 0 Å². The molecule has 7 heteroatoms. The number of fused-ring (bicyclic) bond motifs is 11. The van der Waals surface area contributed by atoms with Crippen LogP contribution in [0.3, 0.4) is 0 Å². The van der Waals surface area contributed by atoms with Crippen LogP contribution >= 0.6 is 0 Å². The van der Waals surface area contributed by atoms with Crippen LogP contribution in [0.2, 0.25) is 0 Å². The average Bonchev–Trinajstić information content (AvgIpc) is 3.25. The maximum absolute atomic E-state index is 13.7. The van der Waals surface area contributed by atoms with Crippen molar-refractivity contribution in [1.29, 1.82) is 0 Å². The first-order valence-electron chi connectivity index (χ1n) is 11.4. The van der Waals surface area contributed by atoms with Crippen LogP contribution in [-0.4, -0.2) is 23.2 Å². The van der Waals surface area contributed by atoms with Gasteiger partial charge in [0.1, 0.15) is 28.4 Å². The van der Waals surface area contributed by atoms with E-state index in [-0.39, 0.29) is 29.3 Å². The SMILES string of the molecule is COc1c2c(cc3occc13)OC(=O)[C@H]1[C@H]2[C@@H]2c3c(c4ccccc4n(C)c3=O)OC(C)(C)[C@H]12. The van der Waals surface area contributed by atoms with Gasteiger partial charge in [-0.25, -0.2) is 0 Å². The van der Waals surface area contributed by atoms with Crippen molar-refractivity contribution in [3.8, 4) is 17.2 Å². The maximum atomic E-state index is 13.7. The molecule has 0 spiro atoms. The largest absolute Gasteiger partial charge is 0.496 e. The number of nitrogens with zero attached hydrogens (tertiary/aromatic N) is 1. The molecule has 3 aliphatic rings. The fourth-order valence-corrected chi connectivity index (χ4v) is 6.72. The highest BCUT2D eigenvalue weighted by atomic mass is 16.5. The van der Waals surface area contributed by atoms with Crippen LogP contribution < -0.4 is 19.8 Å². The summed E-state index contributed by atoms with van der Waals surface area (Å²) >= 11 is 0. The minimum atomic E-state index is -0.669. The number of rotatable bonds is 1. The summed E-state index contributed by atoms with van der Waals surface area (Å²) in [6, 6.07) is 11.4. The molecule has 1 aliphatic carbocycles. The number of furan rings is 1. The highest BCUT2D eigenvalue weighted by Gasteiger charge is 2.67. The van der Waals surface area contributed by atoms with Crippen molar-refractivity contribution < 1.29 is 23.4 Å². The Hall–Kier alpha value is -3.74. The van der Waals surface area contributed by atoms with Crippen LogP contribution in [0.15, 0.2) is 51.9 Å². The summed E-state index contributed by atoms with van der Waals surface area (Å²) in [5.74, 6) is 0.275. The van der Waals surface area contributed by atoms with E-state index < -0.39 is 11.5 Å². The Kier molecular flexibility index (Phi) is 3.61. The number of para-hydroxylation sites is 1. The number of hydrogen-bond acceptors (Lipinski definition) is 6. The van der Waals surface area contributed by atoms with Gasteiger partial charge in [0.05, 0.1) is 35.8 Å². The van der Waals surface area contributed by atoms with Gasteiger partial charge in [-0.2, -0.15) is 0 Å². The average molecular weight is 457 g/mol. The second kappa shape index (κ2) is 6.23. The lowest BCUT2D eigenvalue weighted by molar-refractivity contribution is -0.164. The van der Waals surface area contributed by atoms with E-state index >= 15 is 0 Å². The molecule has 2 aliphatic heterocycles. The molecule has 4 atom stereocenters. The van der Waals surface area contributed by atoms with Gasteiger partial charge < -0.3 is 23.2 Å². The molecule has 0 unspecified atom stereocenters. The third kappa shape index (κ3) is 2.18. The molecule has 0 bridgehead atoms. The lowest BCUT2D eigenvalue weighted by Gasteiger charge is -2.60. The second-order valence-corrected chi connectivity index (χ2v) is 10.0. The molecule has 172 valence electrons. The van der Waals surface area contributed by atoms with Crippen molar-refractivity contribution in [2.24, 2.45) is 18.9 Å². The molecular weight excluding hydrogens is 434 g/mol. The summed E-state index contributed by atoms with van der Waals surface area (Å²) in [4.78, 5) is 27.0. The molecule has 7 rings (SSSR count). The Labute approximate surface area is 194 Å². The van der Waals surface area contributed by atoms with Gasteiger partial charge in [0.15, 0.2) is 0 Å². The molecule has 2 aromatic heterocycles. The minimum absolute atomic E-state index is 0.0958. The molecular formula is C27H23NO6. The third-order valence-corrected chi connectivity index (χ3v) is 8.07. The number of methoxy groups -OCH3 is 1. The summed E-state index contributed by atoms with van der Waals surface area (Å²) in [6.07, 6.45) is 1.59. The molecule has 1 fully saturated rings. The predicted octanol–water partition coefficient (Wildman–Crippen LogP) is 4.50. The zero-order valence-electron chi connectivity index (χ0n) is 19.2. The van der Waals surface area contributed by atoms with Crippen molar-refractivity contribution in [1.82, 2.24) is 4.57 Å². The first-order valence-corrected chi connectivity index (χ1v) is 11.4. The van der Waals surface area contributed by atoms with Crippen LogP contribution in [0.1, 0.15) is 36.8 Å². The Morgan fingerprint density at radius 1 is 1.00 bits per heavy atom. The van der Waals surface area contributed by atoms with E-state index in [0.29, 0.717) is 28.4 Å². The molecule has 4 heterocycles. The number of carbonyl (C=O) groups is 1. The fraction of sp³-hybridized carbons (Fsp3) is 0.333. The zero-order chi connectivity index (χ0) is 23.5. The van der Waals surface area contributed by atoms with Crippen LogP contribution in [0.5, 0.6) is 17.2 Å². The van der Waals surface area contributed by atoms with E-state index in [2.05, 4.69) is 0 Å². The number of carbonyl (C=O) groups excluding carboxylic acids is 1. The van der Waals surface area contributed by atoms with E-state index in [0.717, 1.165) is 21.9 Å². The molecule has 4 aromatic rings. The van der Waals surface area contributed by atoms with Crippen molar-refractivity contribution in [2.45, 2.75) is 31.3 Å². The standard InChI is InChI=1S/C27H23NO6/c1-27(2)22-19(21-24(34-27)12-7-5-6-8-14(12)28(3)25(21)29)18-17-16(33-26(30)20(18)22)11-15-13(9-10-32-15)23(17)31-4/h5-11,18-20,22H,1-4H3/t18-,19-,20+,22+/m1/s1. The van der Waals surface area contributed by atoms with Gasteiger partial charge in [-0.05, 0) is 32.0 Å². The van der Waals surface area contributed by atoms with Gasteiger partial charge in [-0.15, -0.1) is 0 Å². The van der Waals surface area contributed by atoms with Crippen LogP contribution in [-0.2, 0) is 11.8 Å². The van der Waals surface area contributed by atoms with Crippen molar-refractivity contribution in [3.05, 3.63) is 64.1 Å². The van der Waals surface area contributed by atoms with Crippen LogP contribution in [0.25, 0.3) is 21.9 Å². The fourth-order valence-electron chi connectivity index (χ4n) is 6.72. The highest BCUT2D eigenvalue weighted by molar-refractivity contribution is 5.93. The molecule has 0 saturated heterocycles. The maximum Gasteiger partial charge on any atom is 0.315 e. The van der Waals surface area contributed by atoms with E-state index in [1.807, 2.05) is 44.2 Å². The topological polar surface area (TPSA) is 79.9 Å². The van der Waals surface area contributed by atoms with E-state index in [1.54, 1.807) is 31.1 Å². The smallest absolute Gasteiger partial charge is 0.315 e. The zero-order valence-corrected chi connectivity index (χ0v) is 19.2. The quantitative estimate of drug-likeness (QED) is 0.309. The molecule has 7 nitrogen and oxygen atoms in total. The molecule has 0 radical (unpaired) electrons. The summed E-state index contributed by atoms with van der Waals surface area (Å²) in [6.45, 7) is 3.99. The van der Waals surface area contributed by atoms with Crippen molar-refractivity contribution in [2.75, 3.05) is 7.11 Å². The van der Waals surface area contributed by atoms with E-state index in [1.165, 1.54) is 0 Å². The van der Waals surface area contributed by atoms with Crippen molar-refractivity contribution >= 4 is 27.8 Å². The van der Waals surface area contributed by atoms with Gasteiger partial charge in [-0.1, -0.05) is 12.1 Å². The first-order chi connectivity index (χ1) is 16.3. The third-order valence-electron chi connectivity index (χ3n) is 8.07. The first kappa shape index (κ1) is 19.7. The number of pyridine rings is 1. The Morgan fingerprint density at radius 2 is 1.79 bits per heavy atom. The second-order valence-electron chi connectivity index (χ2n) is 10.0. The molecule has 2 aromatic carbocycles. The van der Waals surface area contributed by atoms with Gasteiger partial charge in [0, 0.05) is 41.8 Å². The normalized spacial score (nSPS) is 25.9. The number of esters is 1. The van der Waals surface area contributed by atoms with Crippen LogP contribution in [0, 0.1) is 11.8 Å². The summed E-state index contributed by atoms with van der Waals surface area (Å²) in [5, 5.41) is 1.71. The Balaban J connectivity index is 1.56. The number of benzene rings is 2. The minimum Gasteiger partial charge on any atom is -0.496 e. The molecule has 1 saturated carbocycles. The van der Waals surface area contributed by atoms with Gasteiger partial charge in [0.25, 0.3) is 5.56 Å². The number of aryl methyl sites for hydroxylation is 1. The number of hydrogen-bond donors (Lipinski definition) is 0.